The number of hydrogen-bond acceptors (Lipinski definition) is 5. The summed E-state index contributed by atoms with van der Waals surface area (Å²) in [5, 5.41) is 4.40. The summed E-state index contributed by atoms with van der Waals surface area (Å²) in [6.07, 6.45) is 2.79. The van der Waals surface area contributed by atoms with Crippen LogP contribution in [-0.4, -0.2) is 27.4 Å². The Bertz CT molecular complexity index is 1010. The zero-order chi connectivity index (χ0) is 20.1. The van der Waals surface area contributed by atoms with Crippen molar-refractivity contribution < 1.29 is 4.79 Å². The molecule has 29 heavy (non-hydrogen) atoms. The number of carbonyl (C=O) groups excluding carboxylic acids is 1. The molecule has 0 fully saturated rings. The van der Waals surface area contributed by atoms with Crippen LogP contribution in [-0.2, 0) is 17.6 Å². The lowest BCUT2D eigenvalue weighted by molar-refractivity contribution is -0.113. The number of nitrogens with one attached hydrogen (secondary N) is 1. The molecule has 1 aliphatic heterocycles. The van der Waals surface area contributed by atoms with Crippen molar-refractivity contribution in [2.45, 2.75) is 29.2 Å². The summed E-state index contributed by atoms with van der Waals surface area (Å²) in [6.45, 7) is 0. The van der Waals surface area contributed by atoms with Gasteiger partial charge >= 0.3 is 0 Å². The number of thioether (sulfide) groups is 2. The van der Waals surface area contributed by atoms with Crippen LogP contribution in [0.4, 0.5) is 5.69 Å². The van der Waals surface area contributed by atoms with Gasteiger partial charge in [0.2, 0.25) is 5.91 Å². The van der Waals surface area contributed by atoms with Crippen molar-refractivity contribution in [2.75, 3.05) is 16.8 Å². The molecule has 0 bridgehead atoms. The van der Waals surface area contributed by atoms with E-state index in [4.69, 9.17) is 21.6 Å². The van der Waals surface area contributed by atoms with Crippen LogP contribution in [0.15, 0.2) is 64.5 Å². The van der Waals surface area contributed by atoms with Crippen molar-refractivity contribution in [1.82, 2.24) is 9.97 Å². The molecule has 1 aliphatic rings. The first-order chi connectivity index (χ1) is 14.2. The lowest BCUT2D eigenvalue weighted by Gasteiger charge is -2.18. The van der Waals surface area contributed by atoms with Gasteiger partial charge in [-0.25, -0.2) is 9.97 Å². The molecule has 0 saturated heterocycles. The standard InChI is InChI=1S/C22H20ClN3OS2/c23-16-8-4-9-17(13-16)24-20(27)14-29-22-21-18(10-5-11-28-21)25-19(26-22)12-15-6-2-1-3-7-15/h1-4,6-9,13H,5,10-12,14H2,(H,24,27). The molecule has 2 aromatic carbocycles. The van der Waals surface area contributed by atoms with E-state index in [1.165, 1.54) is 17.3 Å². The molecule has 3 aromatic rings. The highest BCUT2D eigenvalue weighted by Gasteiger charge is 2.20. The first-order valence-corrected chi connectivity index (χ1v) is 11.8. The highest BCUT2D eigenvalue weighted by molar-refractivity contribution is 8.02. The van der Waals surface area contributed by atoms with Crippen molar-refractivity contribution >= 4 is 46.7 Å². The van der Waals surface area contributed by atoms with Gasteiger partial charge in [0.05, 0.1) is 16.3 Å². The third kappa shape index (κ3) is 5.53. The number of rotatable bonds is 6. The summed E-state index contributed by atoms with van der Waals surface area (Å²) in [7, 11) is 0. The van der Waals surface area contributed by atoms with Crippen molar-refractivity contribution in [1.29, 1.82) is 0 Å². The first-order valence-electron chi connectivity index (χ1n) is 9.42. The van der Waals surface area contributed by atoms with Gasteiger partial charge in [-0.1, -0.05) is 59.8 Å². The topological polar surface area (TPSA) is 54.9 Å². The highest BCUT2D eigenvalue weighted by atomic mass is 35.5. The quantitative estimate of drug-likeness (QED) is 0.405. The normalized spacial score (nSPS) is 13.0. The fourth-order valence-corrected chi connectivity index (χ4v) is 5.38. The van der Waals surface area contributed by atoms with Crippen molar-refractivity contribution in [3.63, 3.8) is 0 Å². The van der Waals surface area contributed by atoms with E-state index in [0.29, 0.717) is 22.9 Å². The zero-order valence-electron chi connectivity index (χ0n) is 15.7. The smallest absolute Gasteiger partial charge is 0.234 e. The second kappa shape index (κ2) is 9.65. The van der Waals surface area contributed by atoms with Gasteiger partial charge in [-0.2, -0.15) is 0 Å². The van der Waals surface area contributed by atoms with Crippen LogP contribution >= 0.6 is 35.1 Å². The van der Waals surface area contributed by atoms with Crippen LogP contribution in [0.5, 0.6) is 0 Å². The van der Waals surface area contributed by atoms with Crippen molar-refractivity contribution in [3.05, 3.63) is 76.7 Å². The highest BCUT2D eigenvalue weighted by Crippen LogP contribution is 2.36. The lowest BCUT2D eigenvalue weighted by Crippen LogP contribution is -2.15. The molecular formula is C22H20ClN3OS2. The molecule has 4 nitrogen and oxygen atoms in total. The number of aryl methyl sites for hydroxylation is 1. The second-order valence-corrected chi connectivity index (χ2v) is 9.19. The second-order valence-electron chi connectivity index (χ2n) is 6.68. The van der Waals surface area contributed by atoms with Gasteiger partial charge in [0.25, 0.3) is 0 Å². The fourth-order valence-electron chi connectivity index (χ4n) is 3.10. The van der Waals surface area contributed by atoms with E-state index in [0.717, 1.165) is 40.0 Å². The summed E-state index contributed by atoms with van der Waals surface area (Å²) in [5.41, 5.74) is 3.00. The summed E-state index contributed by atoms with van der Waals surface area (Å²) >= 11 is 9.26. The summed E-state index contributed by atoms with van der Waals surface area (Å²) in [6, 6.07) is 17.4. The minimum atomic E-state index is -0.0740. The van der Waals surface area contributed by atoms with Crippen LogP contribution < -0.4 is 5.32 Å². The Morgan fingerprint density at radius 3 is 2.83 bits per heavy atom. The van der Waals surface area contributed by atoms with Gasteiger partial charge in [-0.3, -0.25) is 4.79 Å². The van der Waals surface area contributed by atoms with Gasteiger partial charge in [0.15, 0.2) is 0 Å². The predicted molar refractivity (Wildman–Crippen MR) is 121 cm³/mol. The molecule has 1 aromatic heterocycles. The number of fused-ring (bicyclic) bond motifs is 1. The predicted octanol–water partition coefficient (Wildman–Crippen LogP) is 5.49. The number of carbonyl (C=O) groups is 1. The molecular weight excluding hydrogens is 422 g/mol. The number of benzene rings is 2. The molecule has 0 radical (unpaired) electrons. The van der Waals surface area contributed by atoms with Crippen LogP contribution in [0.25, 0.3) is 0 Å². The minimum Gasteiger partial charge on any atom is -0.325 e. The number of anilines is 1. The van der Waals surface area contributed by atoms with E-state index in [2.05, 4.69) is 17.4 Å². The average molecular weight is 442 g/mol. The molecule has 2 heterocycles. The Labute approximate surface area is 183 Å². The number of amides is 1. The molecule has 1 N–H and O–H groups in total. The van der Waals surface area contributed by atoms with Crippen molar-refractivity contribution in [3.8, 4) is 0 Å². The summed E-state index contributed by atoms with van der Waals surface area (Å²) in [5.74, 6) is 2.10. The van der Waals surface area contributed by atoms with E-state index in [9.17, 15) is 4.79 Å². The van der Waals surface area contributed by atoms with E-state index in [1.807, 2.05) is 30.3 Å². The van der Waals surface area contributed by atoms with Crippen LogP contribution in [0.2, 0.25) is 5.02 Å². The van der Waals surface area contributed by atoms with Crippen LogP contribution in [0.1, 0.15) is 23.5 Å². The van der Waals surface area contributed by atoms with Crippen LogP contribution in [0, 0.1) is 0 Å². The van der Waals surface area contributed by atoms with Gasteiger partial charge in [0.1, 0.15) is 10.9 Å². The zero-order valence-corrected chi connectivity index (χ0v) is 18.1. The van der Waals surface area contributed by atoms with E-state index < -0.39 is 0 Å². The largest absolute Gasteiger partial charge is 0.325 e. The third-order valence-corrected chi connectivity index (χ3v) is 6.96. The SMILES string of the molecule is O=C(CSc1nc(Cc2ccccc2)nc2c1SCCC2)Nc1cccc(Cl)c1. The summed E-state index contributed by atoms with van der Waals surface area (Å²) < 4.78 is 0. The lowest BCUT2D eigenvalue weighted by atomic mass is 10.1. The molecule has 148 valence electrons. The van der Waals surface area contributed by atoms with Crippen LogP contribution in [0.3, 0.4) is 0 Å². The summed E-state index contributed by atoms with van der Waals surface area (Å²) in [4.78, 5) is 23.2. The maximum atomic E-state index is 12.4. The van der Waals surface area contributed by atoms with Gasteiger partial charge in [-0.15, -0.1) is 11.8 Å². The first kappa shape index (κ1) is 20.3. The van der Waals surface area contributed by atoms with E-state index in [-0.39, 0.29) is 5.91 Å². The maximum absolute atomic E-state index is 12.4. The molecule has 7 heteroatoms. The molecule has 0 saturated carbocycles. The Balaban J connectivity index is 1.49. The van der Waals surface area contributed by atoms with Crippen molar-refractivity contribution in [2.24, 2.45) is 0 Å². The molecule has 4 rings (SSSR count). The molecule has 0 atom stereocenters. The Morgan fingerprint density at radius 2 is 2.00 bits per heavy atom. The molecule has 0 spiro atoms. The molecule has 0 unspecified atom stereocenters. The number of aromatic nitrogens is 2. The Kier molecular flexibility index (Phi) is 6.74. The van der Waals surface area contributed by atoms with Gasteiger partial charge in [-0.05, 0) is 42.4 Å². The van der Waals surface area contributed by atoms with Gasteiger partial charge in [0, 0.05) is 17.1 Å². The minimum absolute atomic E-state index is 0.0740. The number of halogens is 1. The van der Waals surface area contributed by atoms with E-state index in [1.54, 1.807) is 23.9 Å². The fraction of sp³-hybridized carbons (Fsp3) is 0.227. The molecule has 0 aliphatic carbocycles. The molecule has 1 amide bonds. The number of nitrogens with zero attached hydrogens (tertiary/aromatic N) is 2. The maximum Gasteiger partial charge on any atom is 0.234 e. The Hall–Kier alpha value is -2.02. The van der Waals surface area contributed by atoms with E-state index >= 15 is 0 Å². The average Bonchev–Trinajstić information content (AvgIpc) is 2.73. The van der Waals surface area contributed by atoms with Gasteiger partial charge < -0.3 is 5.32 Å². The number of hydrogen-bond donors (Lipinski definition) is 1. The monoisotopic (exact) mass is 441 g/mol. The Morgan fingerprint density at radius 1 is 1.14 bits per heavy atom. The third-order valence-electron chi connectivity index (χ3n) is 4.41.